The van der Waals surface area contributed by atoms with Crippen LogP contribution in [0.4, 0.5) is 5.69 Å². The summed E-state index contributed by atoms with van der Waals surface area (Å²) in [4.78, 5) is 24.2. The highest BCUT2D eigenvalue weighted by atomic mass is 16.2. The quantitative estimate of drug-likeness (QED) is 0.648. The van der Waals surface area contributed by atoms with Gasteiger partial charge in [-0.25, -0.2) is 0 Å². The average molecular weight is 333 g/mol. The molecule has 5 heteroatoms. The van der Waals surface area contributed by atoms with E-state index >= 15 is 0 Å². The smallest absolute Gasteiger partial charge is 0.251 e. The number of benzene rings is 1. The zero-order chi connectivity index (χ0) is 18.1. The molecule has 1 aromatic rings. The Kier molecular flexibility index (Phi) is 8.47. The molecule has 0 saturated heterocycles. The third-order valence-corrected chi connectivity index (χ3v) is 3.88. The second-order valence-corrected chi connectivity index (χ2v) is 6.72. The maximum atomic E-state index is 12.4. The van der Waals surface area contributed by atoms with Crippen LogP contribution in [0.1, 0.15) is 62.4 Å². The highest BCUT2D eigenvalue weighted by Crippen LogP contribution is 2.18. The SMILES string of the molecule is CCCCC(CN)NC(=O)c1ccc(NC(=O)CC(C)C)c(C)c1. The van der Waals surface area contributed by atoms with E-state index in [0.29, 0.717) is 24.4 Å². The minimum absolute atomic E-state index is 0.00294. The average Bonchev–Trinajstić information content (AvgIpc) is 2.52. The second kappa shape index (κ2) is 10.1. The van der Waals surface area contributed by atoms with Gasteiger partial charge < -0.3 is 16.4 Å². The number of unbranched alkanes of at least 4 members (excludes halogenated alkanes) is 1. The highest BCUT2D eigenvalue weighted by Gasteiger charge is 2.14. The van der Waals surface area contributed by atoms with Crippen LogP contribution in [-0.4, -0.2) is 24.4 Å². The summed E-state index contributed by atoms with van der Waals surface area (Å²) in [7, 11) is 0. The van der Waals surface area contributed by atoms with Crippen LogP contribution >= 0.6 is 0 Å². The third-order valence-electron chi connectivity index (χ3n) is 3.88. The Morgan fingerprint density at radius 1 is 1.25 bits per heavy atom. The van der Waals surface area contributed by atoms with Crippen molar-refractivity contribution in [2.75, 3.05) is 11.9 Å². The minimum atomic E-state index is -0.121. The van der Waals surface area contributed by atoms with Gasteiger partial charge in [-0.3, -0.25) is 9.59 Å². The lowest BCUT2D eigenvalue weighted by Crippen LogP contribution is -2.40. The Morgan fingerprint density at radius 2 is 1.96 bits per heavy atom. The van der Waals surface area contributed by atoms with Crippen LogP contribution in [0.15, 0.2) is 18.2 Å². The third kappa shape index (κ3) is 6.71. The summed E-state index contributed by atoms with van der Waals surface area (Å²) in [6.45, 7) is 8.46. The lowest BCUT2D eigenvalue weighted by Gasteiger charge is -2.17. The van der Waals surface area contributed by atoms with Gasteiger partial charge in [0.1, 0.15) is 0 Å². The molecular formula is C19H31N3O2. The molecule has 0 spiro atoms. The predicted molar refractivity (Wildman–Crippen MR) is 99.1 cm³/mol. The molecule has 4 N–H and O–H groups in total. The molecule has 0 radical (unpaired) electrons. The number of carbonyl (C=O) groups excluding carboxylic acids is 2. The topological polar surface area (TPSA) is 84.2 Å². The Labute approximate surface area is 145 Å². The molecule has 0 heterocycles. The molecule has 0 bridgehead atoms. The van der Waals surface area contributed by atoms with Crippen LogP contribution in [0.3, 0.4) is 0 Å². The normalized spacial score (nSPS) is 12.1. The van der Waals surface area contributed by atoms with Crippen LogP contribution in [0.25, 0.3) is 0 Å². The molecule has 0 aromatic heterocycles. The monoisotopic (exact) mass is 333 g/mol. The van der Waals surface area contributed by atoms with Crippen molar-refractivity contribution in [2.45, 2.75) is 59.4 Å². The van der Waals surface area contributed by atoms with E-state index in [1.54, 1.807) is 18.2 Å². The molecule has 2 amide bonds. The molecule has 0 saturated carbocycles. The minimum Gasteiger partial charge on any atom is -0.348 e. The number of rotatable bonds is 9. The fraction of sp³-hybridized carbons (Fsp3) is 0.579. The number of nitrogens with two attached hydrogens (primary N) is 1. The van der Waals surface area contributed by atoms with E-state index in [9.17, 15) is 9.59 Å². The van der Waals surface area contributed by atoms with Gasteiger partial charge >= 0.3 is 0 Å². The second-order valence-electron chi connectivity index (χ2n) is 6.72. The van der Waals surface area contributed by atoms with Crippen molar-refractivity contribution in [3.8, 4) is 0 Å². The van der Waals surface area contributed by atoms with E-state index in [1.807, 2.05) is 20.8 Å². The van der Waals surface area contributed by atoms with Gasteiger partial charge in [0.2, 0.25) is 5.91 Å². The van der Waals surface area contributed by atoms with Crippen molar-refractivity contribution in [2.24, 2.45) is 11.7 Å². The van der Waals surface area contributed by atoms with Crippen molar-refractivity contribution in [1.29, 1.82) is 0 Å². The van der Waals surface area contributed by atoms with Gasteiger partial charge in [0, 0.05) is 30.3 Å². The number of aryl methyl sites for hydroxylation is 1. The summed E-state index contributed by atoms with van der Waals surface area (Å²) in [5.41, 5.74) is 7.93. The van der Waals surface area contributed by atoms with Crippen molar-refractivity contribution >= 4 is 17.5 Å². The Balaban J connectivity index is 2.72. The summed E-state index contributed by atoms with van der Waals surface area (Å²) in [6.07, 6.45) is 3.50. The number of carbonyl (C=O) groups is 2. The van der Waals surface area contributed by atoms with Gasteiger partial charge in [-0.05, 0) is 43.0 Å². The van der Waals surface area contributed by atoms with Crippen molar-refractivity contribution in [3.63, 3.8) is 0 Å². The van der Waals surface area contributed by atoms with Crippen LogP contribution in [-0.2, 0) is 4.79 Å². The Hall–Kier alpha value is -1.88. The van der Waals surface area contributed by atoms with E-state index in [4.69, 9.17) is 5.73 Å². The Morgan fingerprint density at radius 3 is 2.50 bits per heavy atom. The first-order valence-electron chi connectivity index (χ1n) is 8.78. The van der Waals surface area contributed by atoms with Crippen molar-refractivity contribution in [3.05, 3.63) is 29.3 Å². The van der Waals surface area contributed by atoms with Crippen LogP contribution in [0.5, 0.6) is 0 Å². The molecule has 24 heavy (non-hydrogen) atoms. The predicted octanol–water partition coefficient (Wildman–Crippen LogP) is 3.23. The number of nitrogens with one attached hydrogen (secondary N) is 2. The van der Waals surface area contributed by atoms with E-state index in [-0.39, 0.29) is 17.9 Å². The van der Waals surface area contributed by atoms with Crippen molar-refractivity contribution in [1.82, 2.24) is 5.32 Å². The van der Waals surface area contributed by atoms with E-state index in [2.05, 4.69) is 17.6 Å². The van der Waals surface area contributed by atoms with E-state index in [1.165, 1.54) is 0 Å². The van der Waals surface area contributed by atoms with Gasteiger partial charge in [-0.1, -0.05) is 33.6 Å². The van der Waals surface area contributed by atoms with E-state index in [0.717, 1.165) is 30.5 Å². The fourth-order valence-electron chi connectivity index (χ4n) is 2.49. The van der Waals surface area contributed by atoms with Crippen LogP contribution < -0.4 is 16.4 Å². The molecule has 1 atom stereocenters. The molecule has 5 nitrogen and oxygen atoms in total. The summed E-state index contributed by atoms with van der Waals surface area (Å²) >= 11 is 0. The highest BCUT2D eigenvalue weighted by molar-refractivity contribution is 5.96. The van der Waals surface area contributed by atoms with Gasteiger partial charge in [-0.2, -0.15) is 0 Å². The van der Waals surface area contributed by atoms with Crippen LogP contribution in [0.2, 0.25) is 0 Å². The largest absolute Gasteiger partial charge is 0.348 e. The molecule has 0 fully saturated rings. The molecule has 134 valence electrons. The fourth-order valence-corrected chi connectivity index (χ4v) is 2.49. The van der Waals surface area contributed by atoms with Gasteiger partial charge in [0.15, 0.2) is 0 Å². The molecule has 1 unspecified atom stereocenters. The molecule has 0 aliphatic rings. The van der Waals surface area contributed by atoms with Gasteiger partial charge in [-0.15, -0.1) is 0 Å². The zero-order valence-electron chi connectivity index (χ0n) is 15.3. The molecule has 1 aromatic carbocycles. The first-order valence-corrected chi connectivity index (χ1v) is 8.78. The molecule has 0 aliphatic heterocycles. The Bertz CT molecular complexity index is 556. The summed E-state index contributed by atoms with van der Waals surface area (Å²) in [5, 5.41) is 5.88. The maximum Gasteiger partial charge on any atom is 0.251 e. The summed E-state index contributed by atoms with van der Waals surface area (Å²) < 4.78 is 0. The summed E-state index contributed by atoms with van der Waals surface area (Å²) in [6, 6.07) is 5.32. The summed E-state index contributed by atoms with van der Waals surface area (Å²) in [5.74, 6) is 0.185. The number of anilines is 1. The number of hydrogen-bond acceptors (Lipinski definition) is 3. The van der Waals surface area contributed by atoms with Crippen LogP contribution in [0, 0.1) is 12.8 Å². The maximum absolute atomic E-state index is 12.4. The standard InChI is InChI=1S/C19H31N3O2/c1-5-6-7-16(12-20)21-19(24)15-8-9-17(14(4)11-15)22-18(23)10-13(2)3/h8-9,11,13,16H,5-7,10,12,20H2,1-4H3,(H,21,24)(H,22,23). The molecule has 0 aliphatic carbocycles. The van der Waals surface area contributed by atoms with Crippen molar-refractivity contribution < 1.29 is 9.59 Å². The van der Waals surface area contributed by atoms with Gasteiger partial charge in [0.05, 0.1) is 0 Å². The van der Waals surface area contributed by atoms with Gasteiger partial charge in [0.25, 0.3) is 5.91 Å². The van der Waals surface area contributed by atoms with E-state index < -0.39 is 0 Å². The molecule has 1 rings (SSSR count). The lowest BCUT2D eigenvalue weighted by atomic mass is 10.1. The zero-order valence-corrected chi connectivity index (χ0v) is 15.3. The first kappa shape index (κ1) is 20.2. The molecular weight excluding hydrogens is 302 g/mol. The lowest BCUT2D eigenvalue weighted by molar-refractivity contribution is -0.116. The number of hydrogen-bond donors (Lipinski definition) is 3. The first-order chi connectivity index (χ1) is 11.4. The number of amides is 2.